The van der Waals surface area contributed by atoms with Gasteiger partial charge in [0.2, 0.25) is 0 Å². The van der Waals surface area contributed by atoms with E-state index in [2.05, 4.69) is 17.1 Å². The molecule has 0 spiro atoms. The van der Waals surface area contributed by atoms with Crippen molar-refractivity contribution in [2.45, 2.75) is 19.8 Å². The van der Waals surface area contributed by atoms with Crippen LogP contribution in [0.5, 0.6) is 11.5 Å². The standard InChI is InChI=1S/C16H17N3O2/c1-2-3-10-21-12-8-9-16(20)15(11-12)19-17-13-6-4-5-7-14(13)18-19/h4-9,11,20H,2-3,10H2,1H3. The topological polar surface area (TPSA) is 60.2 Å². The van der Waals surface area contributed by atoms with E-state index in [9.17, 15) is 5.11 Å². The van der Waals surface area contributed by atoms with Crippen LogP contribution in [0.25, 0.3) is 16.7 Å². The van der Waals surface area contributed by atoms with Crippen molar-refractivity contribution >= 4 is 11.0 Å². The third kappa shape index (κ3) is 2.81. The van der Waals surface area contributed by atoms with Crippen molar-refractivity contribution in [1.82, 2.24) is 15.0 Å². The lowest BCUT2D eigenvalue weighted by Gasteiger charge is -2.08. The van der Waals surface area contributed by atoms with Gasteiger partial charge in [0.15, 0.2) is 0 Å². The molecule has 1 aromatic heterocycles. The molecule has 3 aromatic rings. The monoisotopic (exact) mass is 283 g/mol. The summed E-state index contributed by atoms with van der Waals surface area (Å²) in [5, 5.41) is 18.8. The van der Waals surface area contributed by atoms with E-state index in [4.69, 9.17) is 4.74 Å². The van der Waals surface area contributed by atoms with E-state index < -0.39 is 0 Å². The smallest absolute Gasteiger partial charge is 0.143 e. The Balaban J connectivity index is 1.94. The van der Waals surface area contributed by atoms with Crippen molar-refractivity contribution in [1.29, 1.82) is 0 Å². The lowest BCUT2D eigenvalue weighted by molar-refractivity contribution is 0.308. The van der Waals surface area contributed by atoms with Gasteiger partial charge in [-0.25, -0.2) is 0 Å². The van der Waals surface area contributed by atoms with Gasteiger partial charge in [-0.1, -0.05) is 25.5 Å². The molecular formula is C16H17N3O2. The Labute approximate surface area is 122 Å². The minimum atomic E-state index is 0.123. The highest BCUT2D eigenvalue weighted by molar-refractivity contribution is 5.73. The lowest BCUT2D eigenvalue weighted by atomic mass is 10.3. The maximum absolute atomic E-state index is 10.0. The van der Waals surface area contributed by atoms with Crippen molar-refractivity contribution in [3.8, 4) is 17.2 Å². The number of hydrogen-bond donors (Lipinski definition) is 1. The van der Waals surface area contributed by atoms with Gasteiger partial charge in [-0.3, -0.25) is 0 Å². The third-order valence-electron chi connectivity index (χ3n) is 3.22. The molecule has 21 heavy (non-hydrogen) atoms. The summed E-state index contributed by atoms with van der Waals surface area (Å²) in [5.74, 6) is 0.829. The number of nitrogens with zero attached hydrogens (tertiary/aromatic N) is 3. The van der Waals surface area contributed by atoms with E-state index in [1.54, 1.807) is 18.2 Å². The first-order valence-corrected chi connectivity index (χ1v) is 7.06. The highest BCUT2D eigenvalue weighted by atomic mass is 16.5. The molecular weight excluding hydrogens is 266 g/mol. The number of hydrogen-bond acceptors (Lipinski definition) is 4. The van der Waals surface area contributed by atoms with Gasteiger partial charge in [0.1, 0.15) is 28.2 Å². The molecule has 108 valence electrons. The molecule has 0 aliphatic heterocycles. The molecule has 0 radical (unpaired) electrons. The summed E-state index contributed by atoms with van der Waals surface area (Å²) in [5.41, 5.74) is 2.09. The molecule has 1 heterocycles. The van der Waals surface area contributed by atoms with Crippen LogP contribution in [0.3, 0.4) is 0 Å². The molecule has 0 saturated heterocycles. The van der Waals surface area contributed by atoms with Crippen molar-refractivity contribution in [2.75, 3.05) is 6.61 Å². The Morgan fingerprint density at radius 3 is 2.48 bits per heavy atom. The maximum atomic E-state index is 10.0. The molecule has 0 aliphatic carbocycles. The van der Waals surface area contributed by atoms with E-state index in [-0.39, 0.29) is 5.75 Å². The van der Waals surface area contributed by atoms with Gasteiger partial charge in [-0.15, -0.1) is 15.0 Å². The van der Waals surface area contributed by atoms with Crippen LogP contribution in [0, 0.1) is 0 Å². The second kappa shape index (κ2) is 5.83. The number of aromatic nitrogens is 3. The first-order chi connectivity index (χ1) is 10.3. The van der Waals surface area contributed by atoms with Crippen molar-refractivity contribution < 1.29 is 9.84 Å². The lowest BCUT2D eigenvalue weighted by Crippen LogP contribution is -2.01. The second-order valence-electron chi connectivity index (χ2n) is 4.83. The molecule has 0 saturated carbocycles. The Kier molecular flexibility index (Phi) is 3.73. The zero-order valence-electron chi connectivity index (χ0n) is 11.9. The number of fused-ring (bicyclic) bond motifs is 1. The zero-order chi connectivity index (χ0) is 14.7. The first kappa shape index (κ1) is 13.4. The van der Waals surface area contributed by atoms with Gasteiger partial charge in [-0.05, 0) is 30.7 Å². The van der Waals surface area contributed by atoms with Crippen molar-refractivity contribution in [2.24, 2.45) is 0 Å². The van der Waals surface area contributed by atoms with E-state index >= 15 is 0 Å². The Hall–Kier alpha value is -2.56. The van der Waals surface area contributed by atoms with Crippen LogP contribution in [0.2, 0.25) is 0 Å². The molecule has 5 heteroatoms. The number of benzene rings is 2. The van der Waals surface area contributed by atoms with Crippen LogP contribution >= 0.6 is 0 Å². The quantitative estimate of drug-likeness (QED) is 0.730. The van der Waals surface area contributed by atoms with Gasteiger partial charge in [0.25, 0.3) is 0 Å². The summed E-state index contributed by atoms with van der Waals surface area (Å²) < 4.78 is 5.66. The first-order valence-electron chi connectivity index (χ1n) is 7.06. The molecule has 5 nitrogen and oxygen atoms in total. The molecule has 0 amide bonds. The predicted molar refractivity (Wildman–Crippen MR) is 80.9 cm³/mol. The molecule has 1 N–H and O–H groups in total. The number of phenols is 1. The number of ether oxygens (including phenoxy) is 1. The third-order valence-corrected chi connectivity index (χ3v) is 3.22. The van der Waals surface area contributed by atoms with Gasteiger partial charge in [-0.2, -0.15) is 0 Å². The molecule has 0 atom stereocenters. The van der Waals surface area contributed by atoms with E-state index in [1.165, 1.54) is 4.80 Å². The van der Waals surface area contributed by atoms with Gasteiger partial charge in [0.05, 0.1) is 6.61 Å². The minimum absolute atomic E-state index is 0.123. The summed E-state index contributed by atoms with van der Waals surface area (Å²) >= 11 is 0. The summed E-state index contributed by atoms with van der Waals surface area (Å²) in [6.45, 7) is 2.78. The van der Waals surface area contributed by atoms with Gasteiger partial charge in [0, 0.05) is 6.07 Å². The molecule has 2 aromatic carbocycles. The minimum Gasteiger partial charge on any atom is -0.506 e. The van der Waals surface area contributed by atoms with Gasteiger partial charge >= 0.3 is 0 Å². The fourth-order valence-corrected chi connectivity index (χ4v) is 2.06. The highest BCUT2D eigenvalue weighted by Crippen LogP contribution is 2.26. The van der Waals surface area contributed by atoms with Crippen LogP contribution in [0.1, 0.15) is 19.8 Å². The fourth-order valence-electron chi connectivity index (χ4n) is 2.06. The maximum Gasteiger partial charge on any atom is 0.143 e. The predicted octanol–water partition coefficient (Wildman–Crippen LogP) is 3.31. The summed E-state index contributed by atoms with van der Waals surface area (Å²) in [6, 6.07) is 12.7. The molecule has 0 bridgehead atoms. The van der Waals surface area contributed by atoms with E-state index in [0.717, 1.165) is 23.9 Å². The SMILES string of the molecule is CCCCOc1ccc(O)c(-n2nc3ccccc3n2)c1. The number of unbranched alkanes of at least 4 members (excludes halogenated alkanes) is 1. The molecule has 0 aliphatic rings. The van der Waals surface area contributed by atoms with Crippen molar-refractivity contribution in [3.05, 3.63) is 42.5 Å². The fraction of sp³-hybridized carbons (Fsp3) is 0.250. The second-order valence-corrected chi connectivity index (χ2v) is 4.83. The average Bonchev–Trinajstić information content (AvgIpc) is 2.93. The molecule has 0 fully saturated rings. The Morgan fingerprint density at radius 2 is 1.81 bits per heavy atom. The normalized spacial score (nSPS) is 10.9. The number of phenolic OH excluding ortho intramolecular Hbond substituents is 1. The van der Waals surface area contributed by atoms with Crippen molar-refractivity contribution in [3.63, 3.8) is 0 Å². The van der Waals surface area contributed by atoms with Gasteiger partial charge < -0.3 is 9.84 Å². The van der Waals surface area contributed by atoms with Crippen LogP contribution in [-0.2, 0) is 0 Å². The Morgan fingerprint density at radius 1 is 1.10 bits per heavy atom. The average molecular weight is 283 g/mol. The van der Waals surface area contributed by atoms with Crippen LogP contribution in [0.4, 0.5) is 0 Å². The van der Waals surface area contributed by atoms with Crippen LogP contribution in [0.15, 0.2) is 42.5 Å². The molecule has 3 rings (SSSR count). The Bertz CT molecular complexity index is 719. The van der Waals surface area contributed by atoms with E-state index in [1.807, 2.05) is 24.3 Å². The number of aromatic hydroxyl groups is 1. The van der Waals surface area contributed by atoms with Crippen LogP contribution in [-0.4, -0.2) is 26.7 Å². The highest BCUT2D eigenvalue weighted by Gasteiger charge is 2.10. The zero-order valence-corrected chi connectivity index (χ0v) is 11.9. The largest absolute Gasteiger partial charge is 0.506 e. The summed E-state index contributed by atoms with van der Waals surface area (Å²) in [4.78, 5) is 1.44. The summed E-state index contributed by atoms with van der Waals surface area (Å²) in [6.07, 6.45) is 2.08. The number of rotatable bonds is 5. The molecule has 0 unspecified atom stereocenters. The summed E-state index contributed by atoms with van der Waals surface area (Å²) in [7, 11) is 0. The van der Waals surface area contributed by atoms with Crippen LogP contribution < -0.4 is 4.74 Å². The van der Waals surface area contributed by atoms with E-state index in [0.29, 0.717) is 18.0 Å².